The van der Waals surface area contributed by atoms with Crippen molar-refractivity contribution in [2.45, 2.75) is 0 Å². The maximum Gasteiger partial charge on any atom is 0.271 e. The van der Waals surface area contributed by atoms with E-state index in [1.54, 1.807) is 24.5 Å². The second-order valence-electron chi connectivity index (χ2n) is 5.01. The van der Waals surface area contributed by atoms with Gasteiger partial charge in [0.15, 0.2) is 0 Å². The van der Waals surface area contributed by atoms with Gasteiger partial charge in [-0.3, -0.25) is 9.78 Å². The van der Waals surface area contributed by atoms with E-state index in [1.165, 1.54) is 0 Å². The maximum absolute atomic E-state index is 12.3. The number of rotatable bonds is 4. The third-order valence-corrected chi connectivity index (χ3v) is 3.91. The number of carbonyl (C=O) groups excluding carboxylic acids is 1. The Hall–Kier alpha value is -2.79. The number of halogens is 1. The van der Waals surface area contributed by atoms with Gasteiger partial charge < -0.3 is 0 Å². The first-order valence-corrected chi connectivity index (χ1v) is 8.13. The number of benzene rings is 2. The molecule has 2 aromatic carbocycles. The van der Waals surface area contributed by atoms with Crippen LogP contribution in [-0.4, -0.2) is 16.6 Å². The molecule has 0 unspecified atom stereocenters. The number of pyridine rings is 1. The smallest absolute Gasteiger partial charge is 0.267 e. The molecule has 3 rings (SSSR count). The van der Waals surface area contributed by atoms with E-state index in [2.05, 4.69) is 31.4 Å². The second kappa shape index (κ2) is 7.66. The van der Waals surface area contributed by atoms with Crippen molar-refractivity contribution in [1.29, 1.82) is 0 Å². The van der Waals surface area contributed by atoms with Crippen LogP contribution in [0.3, 0.4) is 0 Å². The normalized spacial score (nSPS) is 11.1. The lowest BCUT2D eigenvalue weighted by molar-refractivity contribution is 0.0955. The van der Waals surface area contributed by atoms with E-state index in [1.807, 2.05) is 54.6 Å². The fourth-order valence-electron chi connectivity index (χ4n) is 2.17. The molecule has 0 aliphatic rings. The molecule has 1 amide bonds. The van der Waals surface area contributed by atoms with Crippen LogP contribution in [-0.2, 0) is 0 Å². The van der Waals surface area contributed by atoms with Crippen LogP contribution >= 0.6 is 15.9 Å². The third-order valence-electron chi connectivity index (χ3n) is 3.38. The van der Waals surface area contributed by atoms with Crippen LogP contribution in [0.15, 0.2) is 88.7 Å². The molecule has 1 heterocycles. The number of nitrogens with zero attached hydrogens (tertiary/aromatic N) is 2. The van der Waals surface area contributed by atoms with Crippen molar-refractivity contribution < 1.29 is 4.79 Å². The Morgan fingerprint density at radius 1 is 0.833 bits per heavy atom. The Morgan fingerprint density at radius 3 is 2.12 bits per heavy atom. The molecule has 4 nitrogen and oxygen atoms in total. The largest absolute Gasteiger partial charge is 0.271 e. The highest BCUT2D eigenvalue weighted by atomic mass is 79.9. The predicted molar refractivity (Wildman–Crippen MR) is 97.9 cm³/mol. The van der Waals surface area contributed by atoms with Gasteiger partial charge in [0.2, 0.25) is 0 Å². The lowest BCUT2D eigenvalue weighted by atomic mass is 10.0. The van der Waals surface area contributed by atoms with E-state index < -0.39 is 0 Å². The topological polar surface area (TPSA) is 54.4 Å². The first kappa shape index (κ1) is 16.1. The average molecular weight is 380 g/mol. The van der Waals surface area contributed by atoms with Gasteiger partial charge in [-0.25, -0.2) is 5.43 Å². The minimum absolute atomic E-state index is 0.259. The minimum Gasteiger partial charge on any atom is -0.267 e. The first-order valence-electron chi connectivity index (χ1n) is 7.33. The molecular weight excluding hydrogens is 366 g/mol. The molecule has 0 aliphatic carbocycles. The van der Waals surface area contributed by atoms with Crippen LogP contribution in [0.5, 0.6) is 0 Å². The zero-order valence-corrected chi connectivity index (χ0v) is 14.3. The third kappa shape index (κ3) is 3.94. The standard InChI is InChI=1S/C19H14BrN3O/c20-17-8-6-16(7-9-17)19(24)23-22-18(14-4-2-1-3-5-14)15-10-12-21-13-11-15/h1-13H,(H,23,24)/b22-18+. The Kier molecular flexibility index (Phi) is 5.13. The van der Waals surface area contributed by atoms with Crippen molar-refractivity contribution in [3.05, 3.63) is 100 Å². The summed E-state index contributed by atoms with van der Waals surface area (Å²) < 4.78 is 0.921. The highest BCUT2D eigenvalue weighted by Crippen LogP contribution is 2.12. The number of aromatic nitrogens is 1. The van der Waals surface area contributed by atoms with E-state index in [4.69, 9.17) is 0 Å². The number of nitrogens with one attached hydrogen (secondary N) is 1. The molecule has 0 saturated carbocycles. The summed E-state index contributed by atoms with van der Waals surface area (Å²) in [6, 6.07) is 20.5. The van der Waals surface area contributed by atoms with Gasteiger partial charge in [0.1, 0.15) is 0 Å². The highest BCUT2D eigenvalue weighted by Gasteiger charge is 2.09. The molecule has 118 valence electrons. The SMILES string of the molecule is O=C(N/N=C(\c1ccccc1)c1ccncc1)c1ccc(Br)cc1. The summed E-state index contributed by atoms with van der Waals surface area (Å²) in [7, 11) is 0. The van der Waals surface area contributed by atoms with E-state index >= 15 is 0 Å². The van der Waals surface area contributed by atoms with Crippen LogP contribution in [0.1, 0.15) is 21.5 Å². The van der Waals surface area contributed by atoms with Gasteiger partial charge in [-0.2, -0.15) is 5.10 Å². The lowest BCUT2D eigenvalue weighted by Gasteiger charge is -2.08. The molecule has 1 N–H and O–H groups in total. The minimum atomic E-state index is -0.259. The van der Waals surface area contributed by atoms with Crippen molar-refractivity contribution in [3.8, 4) is 0 Å². The van der Waals surface area contributed by atoms with Crippen LogP contribution in [0.2, 0.25) is 0 Å². The van der Waals surface area contributed by atoms with Crippen LogP contribution in [0.4, 0.5) is 0 Å². The molecule has 0 bridgehead atoms. The Bertz CT molecular complexity index is 805. The molecule has 0 atom stereocenters. The summed E-state index contributed by atoms with van der Waals surface area (Å²) in [4.78, 5) is 16.3. The van der Waals surface area contributed by atoms with E-state index in [-0.39, 0.29) is 5.91 Å². The quantitative estimate of drug-likeness (QED) is 0.549. The molecule has 0 saturated heterocycles. The van der Waals surface area contributed by atoms with Crippen molar-refractivity contribution in [1.82, 2.24) is 10.4 Å². The van der Waals surface area contributed by atoms with Crippen molar-refractivity contribution in [2.75, 3.05) is 0 Å². The lowest BCUT2D eigenvalue weighted by Crippen LogP contribution is -2.20. The zero-order valence-electron chi connectivity index (χ0n) is 12.7. The molecule has 0 spiro atoms. The number of carbonyl (C=O) groups is 1. The molecule has 1 aromatic heterocycles. The first-order chi connectivity index (χ1) is 11.7. The molecule has 5 heteroatoms. The van der Waals surface area contributed by atoms with Gasteiger partial charge in [-0.1, -0.05) is 46.3 Å². The van der Waals surface area contributed by atoms with Crippen LogP contribution in [0, 0.1) is 0 Å². The summed E-state index contributed by atoms with van der Waals surface area (Å²) in [5.74, 6) is -0.259. The fourth-order valence-corrected chi connectivity index (χ4v) is 2.44. The highest BCUT2D eigenvalue weighted by molar-refractivity contribution is 9.10. The number of hydrogen-bond donors (Lipinski definition) is 1. The fraction of sp³-hybridized carbons (Fsp3) is 0. The molecular formula is C19H14BrN3O. The van der Waals surface area contributed by atoms with Crippen LogP contribution < -0.4 is 5.43 Å². The van der Waals surface area contributed by atoms with Crippen molar-refractivity contribution >= 4 is 27.5 Å². The molecule has 0 fully saturated rings. The maximum atomic E-state index is 12.3. The van der Waals surface area contributed by atoms with Gasteiger partial charge in [0, 0.05) is 33.6 Å². The summed E-state index contributed by atoms with van der Waals surface area (Å²) in [6.45, 7) is 0. The van der Waals surface area contributed by atoms with E-state index in [0.29, 0.717) is 11.3 Å². The molecule has 0 aliphatic heterocycles. The van der Waals surface area contributed by atoms with Gasteiger partial charge >= 0.3 is 0 Å². The molecule has 24 heavy (non-hydrogen) atoms. The van der Waals surface area contributed by atoms with Crippen molar-refractivity contribution in [3.63, 3.8) is 0 Å². The molecule has 3 aromatic rings. The summed E-state index contributed by atoms with van der Waals surface area (Å²) in [5.41, 5.74) is 5.66. The van der Waals surface area contributed by atoms with E-state index in [9.17, 15) is 4.79 Å². The van der Waals surface area contributed by atoms with Gasteiger partial charge in [-0.05, 0) is 36.4 Å². The number of hydrogen-bond acceptors (Lipinski definition) is 3. The van der Waals surface area contributed by atoms with Crippen molar-refractivity contribution in [2.24, 2.45) is 5.10 Å². The average Bonchev–Trinajstić information content (AvgIpc) is 2.64. The molecule has 0 radical (unpaired) electrons. The Labute approximate surface area is 148 Å². The zero-order chi connectivity index (χ0) is 16.8. The predicted octanol–water partition coefficient (Wildman–Crippen LogP) is 4.03. The summed E-state index contributed by atoms with van der Waals surface area (Å²) in [6.07, 6.45) is 3.40. The second-order valence-corrected chi connectivity index (χ2v) is 5.93. The number of hydrazone groups is 1. The summed E-state index contributed by atoms with van der Waals surface area (Å²) >= 11 is 3.35. The number of amides is 1. The Morgan fingerprint density at radius 2 is 1.46 bits per heavy atom. The Balaban J connectivity index is 1.90. The van der Waals surface area contributed by atoms with E-state index in [0.717, 1.165) is 15.6 Å². The summed E-state index contributed by atoms with van der Waals surface area (Å²) in [5, 5.41) is 4.34. The van der Waals surface area contributed by atoms with Crippen LogP contribution in [0.25, 0.3) is 0 Å². The van der Waals surface area contributed by atoms with Gasteiger partial charge in [0.25, 0.3) is 5.91 Å². The monoisotopic (exact) mass is 379 g/mol. The van der Waals surface area contributed by atoms with Gasteiger partial charge in [0.05, 0.1) is 5.71 Å². The van der Waals surface area contributed by atoms with Gasteiger partial charge in [-0.15, -0.1) is 0 Å².